The maximum absolute atomic E-state index is 12.7. The summed E-state index contributed by atoms with van der Waals surface area (Å²) in [7, 11) is 0. The van der Waals surface area contributed by atoms with Crippen LogP contribution in [0.5, 0.6) is 0 Å². The molecule has 1 rings (SSSR count). The van der Waals surface area contributed by atoms with E-state index in [1.165, 1.54) is 109 Å². The van der Waals surface area contributed by atoms with E-state index in [4.69, 9.17) is 9.47 Å². The Kier molecular flexibility index (Phi) is 19.9. The maximum Gasteiger partial charge on any atom is 0.220 e. The fraction of sp³-hybridized carbons (Fsp3) is 0.968. The molecule has 1 N–H and O–H groups in total. The molecule has 2 unspecified atom stereocenters. The zero-order chi connectivity index (χ0) is 25.6. The van der Waals surface area contributed by atoms with Gasteiger partial charge < -0.3 is 14.8 Å². The van der Waals surface area contributed by atoms with Gasteiger partial charge in [-0.3, -0.25) is 4.79 Å². The Morgan fingerprint density at radius 2 is 1.23 bits per heavy atom. The van der Waals surface area contributed by atoms with Crippen LogP contribution in [0.25, 0.3) is 0 Å². The summed E-state index contributed by atoms with van der Waals surface area (Å²) in [6, 6.07) is 0.276. The summed E-state index contributed by atoms with van der Waals surface area (Å²) in [5.74, 6) is -0.213. The SMILES string of the molecule is CCCCCCCCCCCCCC(=O)NC(CCCCCCCCC)CCC1COC(C)(C)O1. The predicted octanol–water partition coefficient (Wildman–Crippen LogP) is 9.24. The zero-order valence-corrected chi connectivity index (χ0v) is 24.1. The van der Waals surface area contributed by atoms with E-state index >= 15 is 0 Å². The van der Waals surface area contributed by atoms with Crippen LogP contribution in [0, 0.1) is 0 Å². The van der Waals surface area contributed by atoms with Crippen molar-refractivity contribution < 1.29 is 14.3 Å². The van der Waals surface area contributed by atoms with Crippen molar-refractivity contribution in [1.82, 2.24) is 5.32 Å². The molecular weight excluding hydrogens is 434 g/mol. The molecule has 1 heterocycles. The van der Waals surface area contributed by atoms with Gasteiger partial charge in [0.15, 0.2) is 5.79 Å². The lowest BCUT2D eigenvalue weighted by Crippen LogP contribution is -2.35. The molecular formula is C31H61NO3. The summed E-state index contributed by atoms with van der Waals surface area (Å²) in [6.45, 7) is 9.18. The summed E-state index contributed by atoms with van der Waals surface area (Å²) >= 11 is 0. The van der Waals surface area contributed by atoms with Gasteiger partial charge in [-0.05, 0) is 39.5 Å². The molecule has 1 saturated heterocycles. The molecule has 0 spiro atoms. The fourth-order valence-corrected chi connectivity index (χ4v) is 5.18. The minimum absolute atomic E-state index is 0.157. The predicted molar refractivity (Wildman–Crippen MR) is 150 cm³/mol. The van der Waals surface area contributed by atoms with E-state index in [-0.39, 0.29) is 18.1 Å². The second-order valence-corrected chi connectivity index (χ2v) is 11.5. The zero-order valence-electron chi connectivity index (χ0n) is 24.1. The third kappa shape index (κ3) is 19.2. The van der Waals surface area contributed by atoms with Crippen LogP contribution in [-0.4, -0.2) is 30.4 Å². The van der Waals surface area contributed by atoms with Gasteiger partial charge in [-0.25, -0.2) is 0 Å². The van der Waals surface area contributed by atoms with Gasteiger partial charge >= 0.3 is 0 Å². The molecule has 1 aliphatic heterocycles. The molecule has 0 aromatic rings. The summed E-state index contributed by atoms with van der Waals surface area (Å²) in [5, 5.41) is 3.37. The summed E-state index contributed by atoms with van der Waals surface area (Å²) < 4.78 is 11.7. The highest BCUT2D eigenvalue weighted by atomic mass is 16.7. The summed E-state index contributed by atoms with van der Waals surface area (Å²) in [6.07, 6.45) is 27.6. The molecule has 0 radical (unpaired) electrons. The molecule has 0 aliphatic carbocycles. The van der Waals surface area contributed by atoms with Crippen LogP contribution in [0.3, 0.4) is 0 Å². The molecule has 208 valence electrons. The number of ether oxygens (including phenoxy) is 2. The average Bonchev–Trinajstić information content (AvgIpc) is 3.18. The van der Waals surface area contributed by atoms with Crippen molar-refractivity contribution in [2.24, 2.45) is 0 Å². The van der Waals surface area contributed by atoms with E-state index in [0.717, 1.165) is 25.7 Å². The van der Waals surface area contributed by atoms with Crippen molar-refractivity contribution in [3.8, 4) is 0 Å². The van der Waals surface area contributed by atoms with Gasteiger partial charge in [0, 0.05) is 12.5 Å². The van der Waals surface area contributed by atoms with Gasteiger partial charge in [0.1, 0.15) is 0 Å². The normalized spacial score (nSPS) is 18.1. The lowest BCUT2D eigenvalue weighted by molar-refractivity contribution is -0.139. The fourth-order valence-electron chi connectivity index (χ4n) is 5.18. The monoisotopic (exact) mass is 495 g/mol. The van der Waals surface area contributed by atoms with E-state index in [2.05, 4.69) is 19.2 Å². The first-order valence-corrected chi connectivity index (χ1v) is 15.6. The first-order chi connectivity index (χ1) is 17.0. The van der Waals surface area contributed by atoms with Crippen LogP contribution in [0.4, 0.5) is 0 Å². The lowest BCUT2D eigenvalue weighted by atomic mass is 10.00. The Labute approximate surface area is 219 Å². The first-order valence-electron chi connectivity index (χ1n) is 15.6. The molecule has 1 aliphatic rings. The number of amides is 1. The Morgan fingerprint density at radius 3 is 1.71 bits per heavy atom. The van der Waals surface area contributed by atoms with Gasteiger partial charge in [-0.15, -0.1) is 0 Å². The molecule has 1 amide bonds. The lowest BCUT2D eigenvalue weighted by Gasteiger charge is -2.21. The third-order valence-electron chi connectivity index (χ3n) is 7.43. The highest BCUT2D eigenvalue weighted by molar-refractivity contribution is 5.76. The van der Waals surface area contributed by atoms with Crippen molar-refractivity contribution in [3.05, 3.63) is 0 Å². The molecule has 0 bridgehead atoms. The number of hydrogen-bond donors (Lipinski definition) is 1. The van der Waals surface area contributed by atoms with Gasteiger partial charge in [0.25, 0.3) is 0 Å². The Hall–Kier alpha value is -0.610. The molecule has 4 nitrogen and oxygen atoms in total. The minimum Gasteiger partial charge on any atom is -0.353 e. The average molecular weight is 496 g/mol. The third-order valence-corrected chi connectivity index (χ3v) is 7.43. The van der Waals surface area contributed by atoms with Crippen LogP contribution in [0.1, 0.15) is 169 Å². The van der Waals surface area contributed by atoms with Crippen LogP contribution in [0.2, 0.25) is 0 Å². The first kappa shape index (κ1) is 32.4. The number of rotatable bonds is 24. The molecule has 2 atom stereocenters. The highest BCUT2D eigenvalue weighted by Crippen LogP contribution is 2.26. The van der Waals surface area contributed by atoms with Gasteiger partial charge in [0.2, 0.25) is 5.91 Å². The number of unbranched alkanes of at least 4 members (excludes halogenated alkanes) is 16. The van der Waals surface area contributed by atoms with Gasteiger partial charge in [0.05, 0.1) is 12.7 Å². The number of nitrogens with one attached hydrogen (secondary N) is 1. The van der Waals surface area contributed by atoms with Crippen LogP contribution >= 0.6 is 0 Å². The van der Waals surface area contributed by atoms with Crippen molar-refractivity contribution in [1.29, 1.82) is 0 Å². The molecule has 4 heteroatoms. The van der Waals surface area contributed by atoms with Crippen LogP contribution < -0.4 is 5.32 Å². The van der Waals surface area contributed by atoms with E-state index in [9.17, 15) is 4.79 Å². The van der Waals surface area contributed by atoms with Crippen molar-refractivity contribution in [2.45, 2.75) is 187 Å². The molecule has 1 fully saturated rings. The largest absolute Gasteiger partial charge is 0.353 e. The minimum atomic E-state index is -0.461. The molecule has 0 aromatic carbocycles. The second kappa shape index (κ2) is 21.5. The van der Waals surface area contributed by atoms with Crippen molar-refractivity contribution in [2.75, 3.05) is 6.61 Å². The smallest absolute Gasteiger partial charge is 0.220 e. The van der Waals surface area contributed by atoms with Crippen LogP contribution in [-0.2, 0) is 14.3 Å². The Balaban J connectivity index is 2.19. The van der Waals surface area contributed by atoms with Gasteiger partial charge in [-0.2, -0.15) is 0 Å². The number of carbonyl (C=O) groups excluding carboxylic acids is 1. The number of carbonyl (C=O) groups is 1. The molecule has 35 heavy (non-hydrogen) atoms. The standard InChI is InChI=1S/C31H61NO3/c1-5-7-9-11-13-14-15-16-18-20-22-24-30(33)32-28(23-21-19-17-12-10-8-6-2)25-26-29-27-34-31(3,4)35-29/h28-29H,5-27H2,1-4H3,(H,32,33). The van der Waals surface area contributed by atoms with E-state index in [1.54, 1.807) is 0 Å². The van der Waals surface area contributed by atoms with Crippen LogP contribution in [0.15, 0.2) is 0 Å². The van der Waals surface area contributed by atoms with Crippen molar-refractivity contribution in [3.63, 3.8) is 0 Å². The second-order valence-electron chi connectivity index (χ2n) is 11.5. The maximum atomic E-state index is 12.7. The molecule has 0 aromatic heterocycles. The summed E-state index contributed by atoms with van der Waals surface area (Å²) in [5.41, 5.74) is 0. The van der Waals surface area contributed by atoms with E-state index < -0.39 is 5.79 Å². The van der Waals surface area contributed by atoms with E-state index in [1.807, 2.05) is 13.8 Å². The summed E-state index contributed by atoms with van der Waals surface area (Å²) in [4.78, 5) is 12.7. The van der Waals surface area contributed by atoms with Gasteiger partial charge in [-0.1, -0.05) is 123 Å². The highest BCUT2D eigenvalue weighted by Gasteiger charge is 2.32. The quantitative estimate of drug-likeness (QED) is 0.136. The topological polar surface area (TPSA) is 47.6 Å². The Bertz CT molecular complexity index is 494. The number of hydrogen-bond acceptors (Lipinski definition) is 3. The Morgan fingerprint density at radius 1 is 0.743 bits per heavy atom. The van der Waals surface area contributed by atoms with Crippen molar-refractivity contribution >= 4 is 5.91 Å². The van der Waals surface area contributed by atoms with E-state index in [0.29, 0.717) is 13.0 Å². The molecule has 0 saturated carbocycles.